The SMILES string of the molecule is C[C@H]1CN(C(=O)c2cccc(Br)c2)CCN1. The van der Waals surface area contributed by atoms with E-state index in [1.165, 1.54) is 0 Å². The van der Waals surface area contributed by atoms with E-state index < -0.39 is 0 Å². The van der Waals surface area contributed by atoms with E-state index in [2.05, 4.69) is 28.2 Å². The average molecular weight is 283 g/mol. The Kier molecular flexibility index (Phi) is 3.61. The molecule has 0 spiro atoms. The van der Waals surface area contributed by atoms with Crippen LogP contribution < -0.4 is 5.32 Å². The highest BCUT2D eigenvalue weighted by Crippen LogP contribution is 2.14. The molecule has 1 aromatic rings. The average Bonchev–Trinajstić information content (AvgIpc) is 2.28. The lowest BCUT2D eigenvalue weighted by atomic mass is 10.1. The Morgan fingerprint density at radius 3 is 3.06 bits per heavy atom. The molecule has 1 aliphatic rings. The summed E-state index contributed by atoms with van der Waals surface area (Å²) in [6.45, 7) is 4.54. The van der Waals surface area contributed by atoms with Gasteiger partial charge in [0.05, 0.1) is 0 Å². The zero-order valence-electron chi connectivity index (χ0n) is 9.24. The predicted octanol–water partition coefficient (Wildman–Crippen LogP) is 1.88. The normalized spacial score (nSPS) is 20.9. The number of nitrogens with one attached hydrogen (secondary N) is 1. The molecule has 1 aliphatic heterocycles. The number of halogens is 1. The number of benzene rings is 1. The van der Waals surface area contributed by atoms with Crippen molar-refractivity contribution in [3.8, 4) is 0 Å². The maximum absolute atomic E-state index is 12.2. The third-order valence-corrected chi connectivity index (χ3v) is 3.22. The lowest BCUT2D eigenvalue weighted by molar-refractivity contribution is 0.0709. The molecule has 0 unspecified atom stereocenters. The van der Waals surface area contributed by atoms with Crippen LogP contribution >= 0.6 is 15.9 Å². The number of hydrogen-bond donors (Lipinski definition) is 1. The van der Waals surface area contributed by atoms with Gasteiger partial charge in [-0.15, -0.1) is 0 Å². The lowest BCUT2D eigenvalue weighted by Crippen LogP contribution is -2.51. The molecular formula is C12H15BrN2O. The van der Waals surface area contributed by atoms with Crippen molar-refractivity contribution in [2.45, 2.75) is 13.0 Å². The number of hydrogen-bond acceptors (Lipinski definition) is 2. The first-order chi connectivity index (χ1) is 7.66. The summed E-state index contributed by atoms with van der Waals surface area (Å²) >= 11 is 3.38. The fourth-order valence-corrected chi connectivity index (χ4v) is 2.32. The van der Waals surface area contributed by atoms with Crippen LogP contribution in [-0.4, -0.2) is 36.5 Å². The van der Waals surface area contributed by atoms with Crippen LogP contribution in [-0.2, 0) is 0 Å². The molecule has 0 radical (unpaired) electrons. The predicted molar refractivity (Wildman–Crippen MR) is 67.5 cm³/mol. The maximum Gasteiger partial charge on any atom is 0.253 e. The second-order valence-corrected chi connectivity index (χ2v) is 5.03. The number of piperazine rings is 1. The van der Waals surface area contributed by atoms with Crippen LogP contribution in [0.4, 0.5) is 0 Å². The number of carbonyl (C=O) groups excluding carboxylic acids is 1. The Morgan fingerprint density at radius 1 is 1.56 bits per heavy atom. The molecule has 0 aliphatic carbocycles. The third kappa shape index (κ3) is 2.62. The van der Waals surface area contributed by atoms with Gasteiger partial charge in [0.15, 0.2) is 0 Å². The summed E-state index contributed by atoms with van der Waals surface area (Å²) in [4.78, 5) is 14.1. The number of carbonyl (C=O) groups is 1. The van der Waals surface area contributed by atoms with E-state index in [0.717, 1.165) is 29.7 Å². The molecule has 1 amide bonds. The summed E-state index contributed by atoms with van der Waals surface area (Å²) in [5.41, 5.74) is 0.753. The fraction of sp³-hybridized carbons (Fsp3) is 0.417. The van der Waals surface area contributed by atoms with Gasteiger partial charge in [-0.05, 0) is 25.1 Å². The van der Waals surface area contributed by atoms with Crippen molar-refractivity contribution >= 4 is 21.8 Å². The van der Waals surface area contributed by atoms with Gasteiger partial charge in [-0.2, -0.15) is 0 Å². The molecule has 1 fully saturated rings. The van der Waals surface area contributed by atoms with Gasteiger partial charge in [0.1, 0.15) is 0 Å². The largest absolute Gasteiger partial charge is 0.336 e. The van der Waals surface area contributed by atoms with E-state index in [1.807, 2.05) is 29.2 Å². The first kappa shape index (κ1) is 11.6. The van der Waals surface area contributed by atoms with Gasteiger partial charge in [0, 0.05) is 35.7 Å². The van der Waals surface area contributed by atoms with E-state index in [1.54, 1.807) is 0 Å². The van der Waals surface area contributed by atoms with Crippen LogP contribution in [0.5, 0.6) is 0 Å². The molecular weight excluding hydrogens is 268 g/mol. The molecule has 1 saturated heterocycles. The van der Waals surface area contributed by atoms with Crippen molar-refractivity contribution in [1.82, 2.24) is 10.2 Å². The highest BCUT2D eigenvalue weighted by Gasteiger charge is 2.21. The van der Waals surface area contributed by atoms with Crippen LogP contribution in [0.15, 0.2) is 28.7 Å². The molecule has 0 saturated carbocycles. The summed E-state index contributed by atoms with van der Waals surface area (Å²) in [5.74, 6) is 0.120. The second-order valence-electron chi connectivity index (χ2n) is 4.12. The molecule has 1 heterocycles. The molecule has 16 heavy (non-hydrogen) atoms. The van der Waals surface area contributed by atoms with Crippen molar-refractivity contribution < 1.29 is 4.79 Å². The summed E-state index contributed by atoms with van der Waals surface area (Å²) in [6.07, 6.45) is 0. The Morgan fingerprint density at radius 2 is 2.38 bits per heavy atom. The first-order valence-corrected chi connectivity index (χ1v) is 6.24. The summed E-state index contributed by atoms with van der Waals surface area (Å²) in [6, 6.07) is 7.93. The zero-order chi connectivity index (χ0) is 11.5. The monoisotopic (exact) mass is 282 g/mol. The summed E-state index contributed by atoms with van der Waals surface area (Å²) in [5, 5.41) is 3.33. The van der Waals surface area contributed by atoms with Gasteiger partial charge in [0.2, 0.25) is 0 Å². The summed E-state index contributed by atoms with van der Waals surface area (Å²) < 4.78 is 0.946. The Labute approximate surface area is 104 Å². The highest BCUT2D eigenvalue weighted by atomic mass is 79.9. The molecule has 1 N–H and O–H groups in total. The van der Waals surface area contributed by atoms with Gasteiger partial charge in [-0.1, -0.05) is 22.0 Å². The third-order valence-electron chi connectivity index (χ3n) is 2.73. The topological polar surface area (TPSA) is 32.3 Å². The van der Waals surface area contributed by atoms with Crippen LogP contribution in [0.3, 0.4) is 0 Å². The van der Waals surface area contributed by atoms with E-state index in [0.29, 0.717) is 6.04 Å². The Hall–Kier alpha value is -0.870. The van der Waals surface area contributed by atoms with Crippen LogP contribution in [0.2, 0.25) is 0 Å². The van der Waals surface area contributed by atoms with Crippen molar-refractivity contribution in [2.24, 2.45) is 0 Å². The van der Waals surface area contributed by atoms with E-state index >= 15 is 0 Å². The van der Waals surface area contributed by atoms with Crippen molar-refractivity contribution in [3.05, 3.63) is 34.3 Å². The van der Waals surface area contributed by atoms with Crippen LogP contribution in [0.25, 0.3) is 0 Å². The van der Waals surface area contributed by atoms with Gasteiger partial charge in [-0.25, -0.2) is 0 Å². The van der Waals surface area contributed by atoms with Crippen molar-refractivity contribution in [1.29, 1.82) is 0 Å². The van der Waals surface area contributed by atoms with Crippen LogP contribution in [0.1, 0.15) is 17.3 Å². The lowest BCUT2D eigenvalue weighted by Gasteiger charge is -2.32. The molecule has 2 rings (SSSR count). The highest BCUT2D eigenvalue weighted by molar-refractivity contribution is 9.10. The molecule has 86 valence electrons. The van der Waals surface area contributed by atoms with Gasteiger partial charge in [0.25, 0.3) is 5.91 Å². The van der Waals surface area contributed by atoms with Crippen LogP contribution in [0, 0.1) is 0 Å². The summed E-state index contributed by atoms with van der Waals surface area (Å²) in [7, 11) is 0. The zero-order valence-corrected chi connectivity index (χ0v) is 10.8. The van der Waals surface area contributed by atoms with E-state index in [-0.39, 0.29) is 5.91 Å². The number of nitrogens with zero attached hydrogens (tertiary/aromatic N) is 1. The molecule has 1 aromatic carbocycles. The molecule has 4 heteroatoms. The number of rotatable bonds is 1. The molecule has 0 aromatic heterocycles. The minimum absolute atomic E-state index is 0.120. The molecule has 0 bridgehead atoms. The second kappa shape index (κ2) is 4.97. The fourth-order valence-electron chi connectivity index (χ4n) is 1.92. The Balaban J connectivity index is 2.12. The van der Waals surface area contributed by atoms with Crippen molar-refractivity contribution in [3.63, 3.8) is 0 Å². The van der Waals surface area contributed by atoms with Gasteiger partial charge < -0.3 is 10.2 Å². The minimum Gasteiger partial charge on any atom is -0.336 e. The first-order valence-electron chi connectivity index (χ1n) is 5.45. The smallest absolute Gasteiger partial charge is 0.253 e. The number of amides is 1. The van der Waals surface area contributed by atoms with Gasteiger partial charge in [-0.3, -0.25) is 4.79 Å². The van der Waals surface area contributed by atoms with E-state index in [9.17, 15) is 4.79 Å². The minimum atomic E-state index is 0.120. The maximum atomic E-state index is 12.2. The molecule has 1 atom stereocenters. The van der Waals surface area contributed by atoms with Crippen molar-refractivity contribution in [2.75, 3.05) is 19.6 Å². The van der Waals surface area contributed by atoms with Gasteiger partial charge >= 0.3 is 0 Å². The Bertz CT molecular complexity index is 394. The standard InChI is InChI=1S/C12H15BrN2O/c1-9-8-15(6-5-14-9)12(16)10-3-2-4-11(13)7-10/h2-4,7,9,14H,5-6,8H2,1H3/t9-/m0/s1. The molecule has 3 nitrogen and oxygen atoms in total. The van der Waals surface area contributed by atoms with E-state index in [4.69, 9.17) is 0 Å². The quantitative estimate of drug-likeness (QED) is 0.853.